The van der Waals surface area contributed by atoms with Crippen molar-refractivity contribution in [3.63, 3.8) is 0 Å². The topological polar surface area (TPSA) is 47.1 Å². The van der Waals surface area contributed by atoms with Crippen molar-refractivity contribution in [2.45, 2.75) is 19.6 Å². The number of rotatable bonds is 2. The molecule has 1 aliphatic rings. The standard InChI is InChI=1S/C10H11BrN4O/c11-9-2-1-8(16-9)5-14-3-4-15-7-12-13-10(15)6-14/h1-2,7H,3-6H2. The van der Waals surface area contributed by atoms with Gasteiger partial charge in [0.1, 0.15) is 17.9 Å². The Morgan fingerprint density at radius 2 is 2.31 bits per heavy atom. The Bertz CT molecular complexity index is 492. The van der Waals surface area contributed by atoms with Gasteiger partial charge in [-0.15, -0.1) is 10.2 Å². The van der Waals surface area contributed by atoms with E-state index in [2.05, 4.69) is 35.6 Å². The Morgan fingerprint density at radius 3 is 3.12 bits per heavy atom. The Morgan fingerprint density at radius 1 is 1.38 bits per heavy atom. The summed E-state index contributed by atoms with van der Waals surface area (Å²) in [7, 11) is 0. The van der Waals surface area contributed by atoms with Gasteiger partial charge in [0.15, 0.2) is 4.67 Å². The van der Waals surface area contributed by atoms with Gasteiger partial charge in [0, 0.05) is 13.1 Å². The maximum Gasteiger partial charge on any atom is 0.169 e. The van der Waals surface area contributed by atoms with Crippen LogP contribution in [0.4, 0.5) is 0 Å². The molecule has 84 valence electrons. The molecule has 0 bridgehead atoms. The normalized spacial score (nSPS) is 16.3. The van der Waals surface area contributed by atoms with E-state index in [9.17, 15) is 0 Å². The van der Waals surface area contributed by atoms with E-state index in [1.165, 1.54) is 0 Å². The molecule has 1 aliphatic heterocycles. The maximum absolute atomic E-state index is 5.49. The molecule has 0 N–H and O–H groups in total. The summed E-state index contributed by atoms with van der Waals surface area (Å²) in [5, 5.41) is 7.99. The van der Waals surface area contributed by atoms with Gasteiger partial charge in [-0.25, -0.2) is 0 Å². The van der Waals surface area contributed by atoms with Crippen molar-refractivity contribution in [3.8, 4) is 0 Å². The van der Waals surface area contributed by atoms with Gasteiger partial charge < -0.3 is 8.98 Å². The third-order valence-electron chi connectivity index (χ3n) is 2.73. The van der Waals surface area contributed by atoms with E-state index in [-0.39, 0.29) is 0 Å². The van der Waals surface area contributed by atoms with Gasteiger partial charge in [-0.3, -0.25) is 4.90 Å². The highest BCUT2D eigenvalue weighted by Crippen LogP contribution is 2.18. The highest BCUT2D eigenvalue weighted by Gasteiger charge is 2.18. The highest BCUT2D eigenvalue weighted by atomic mass is 79.9. The quantitative estimate of drug-likeness (QED) is 0.840. The first-order chi connectivity index (χ1) is 7.81. The van der Waals surface area contributed by atoms with Crippen LogP contribution in [0.15, 0.2) is 27.5 Å². The fourth-order valence-corrected chi connectivity index (χ4v) is 2.25. The molecule has 0 atom stereocenters. The second-order valence-electron chi connectivity index (χ2n) is 3.86. The predicted octanol–water partition coefficient (Wildman–Crippen LogP) is 1.65. The Kier molecular flexibility index (Phi) is 2.53. The second-order valence-corrected chi connectivity index (χ2v) is 4.64. The van der Waals surface area contributed by atoms with Crippen molar-refractivity contribution in [1.29, 1.82) is 0 Å². The molecule has 3 rings (SSSR count). The molecule has 0 radical (unpaired) electrons. The molecule has 6 heteroatoms. The molecule has 2 aromatic rings. The molecular weight excluding hydrogens is 272 g/mol. The molecule has 5 nitrogen and oxygen atoms in total. The van der Waals surface area contributed by atoms with Crippen LogP contribution in [0.25, 0.3) is 0 Å². The third-order valence-corrected chi connectivity index (χ3v) is 3.15. The zero-order chi connectivity index (χ0) is 11.0. The minimum Gasteiger partial charge on any atom is -0.453 e. The highest BCUT2D eigenvalue weighted by molar-refractivity contribution is 9.10. The van der Waals surface area contributed by atoms with Crippen molar-refractivity contribution in [2.24, 2.45) is 0 Å². The average Bonchev–Trinajstić information content (AvgIpc) is 2.87. The van der Waals surface area contributed by atoms with Gasteiger partial charge in [-0.2, -0.15) is 0 Å². The molecule has 0 aliphatic carbocycles. The minimum absolute atomic E-state index is 0.780. The van der Waals surface area contributed by atoms with Crippen molar-refractivity contribution in [1.82, 2.24) is 19.7 Å². The average molecular weight is 283 g/mol. The largest absolute Gasteiger partial charge is 0.453 e. The zero-order valence-corrected chi connectivity index (χ0v) is 10.2. The Balaban J connectivity index is 1.70. The van der Waals surface area contributed by atoms with E-state index in [1.54, 1.807) is 6.33 Å². The molecule has 0 aromatic carbocycles. The van der Waals surface area contributed by atoms with Crippen LogP contribution < -0.4 is 0 Å². The molecule has 0 fully saturated rings. The SMILES string of the molecule is Brc1ccc(CN2CCn3cnnc3C2)o1. The Hall–Kier alpha value is -1.14. The summed E-state index contributed by atoms with van der Waals surface area (Å²) in [5.41, 5.74) is 0. The first-order valence-electron chi connectivity index (χ1n) is 5.14. The lowest BCUT2D eigenvalue weighted by Gasteiger charge is -2.25. The van der Waals surface area contributed by atoms with E-state index >= 15 is 0 Å². The fourth-order valence-electron chi connectivity index (χ4n) is 1.91. The minimum atomic E-state index is 0.780. The van der Waals surface area contributed by atoms with Crippen molar-refractivity contribution in [2.75, 3.05) is 6.54 Å². The van der Waals surface area contributed by atoms with Gasteiger partial charge in [-0.1, -0.05) is 0 Å². The van der Waals surface area contributed by atoms with Crippen LogP contribution in [0.5, 0.6) is 0 Å². The van der Waals surface area contributed by atoms with Crippen LogP contribution in [0.2, 0.25) is 0 Å². The lowest BCUT2D eigenvalue weighted by Crippen LogP contribution is -2.33. The molecular formula is C10H11BrN4O. The van der Waals surface area contributed by atoms with Crippen LogP contribution in [-0.2, 0) is 19.6 Å². The number of hydrogen-bond donors (Lipinski definition) is 0. The number of furan rings is 1. The second kappa shape index (κ2) is 4.03. The zero-order valence-electron chi connectivity index (χ0n) is 8.64. The van der Waals surface area contributed by atoms with Crippen LogP contribution in [0.3, 0.4) is 0 Å². The summed E-state index contributed by atoms with van der Waals surface area (Å²) < 4.78 is 8.36. The summed E-state index contributed by atoms with van der Waals surface area (Å²) in [6.45, 7) is 3.60. The summed E-state index contributed by atoms with van der Waals surface area (Å²) in [6, 6.07) is 3.91. The number of nitrogens with zero attached hydrogens (tertiary/aromatic N) is 4. The third kappa shape index (κ3) is 1.90. The van der Waals surface area contributed by atoms with Crippen LogP contribution in [-0.4, -0.2) is 26.2 Å². The monoisotopic (exact) mass is 282 g/mol. The van der Waals surface area contributed by atoms with E-state index in [0.717, 1.165) is 42.4 Å². The van der Waals surface area contributed by atoms with Crippen LogP contribution >= 0.6 is 15.9 Å². The van der Waals surface area contributed by atoms with E-state index in [0.29, 0.717) is 0 Å². The smallest absolute Gasteiger partial charge is 0.169 e. The van der Waals surface area contributed by atoms with Gasteiger partial charge in [-0.05, 0) is 28.1 Å². The fraction of sp³-hybridized carbons (Fsp3) is 0.400. The van der Waals surface area contributed by atoms with Crippen molar-refractivity contribution >= 4 is 15.9 Å². The first-order valence-corrected chi connectivity index (χ1v) is 5.94. The lowest BCUT2D eigenvalue weighted by molar-refractivity contribution is 0.193. The molecule has 0 spiro atoms. The lowest BCUT2D eigenvalue weighted by atomic mass is 10.3. The molecule has 0 amide bonds. The number of hydrogen-bond acceptors (Lipinski definition) is 4. The van der Waals surface area contributed by atoms with Gasteiger partial charge in [0.05, 0.1) is 13.1 Å². The van der Waals surface area contributed by atoms with Crippen molar-refractivity contribution < 1.29 is 4.42 Å². The van der Waals surface area contributed by atoms with Crippen LogP contribution in [0.1, 0.15) is 11.6 Å². The first kappa shape index (κ1) is 10.0. The van der Waals surface area contributed by atoms with E-state index in [4.69, 9.17) is 4.42 Å². The summed E-state index contributed by atoms with van der Waals surface area (Å²) in [5.74, 6) is 2.00. The molecule has 16 heavy (non-hydrogen) atoms. The molecule has 2 aromatic heterocycles. The van der Waals surface area contributed by atoms with Gasteiger partial charge >= 0.3 is 0 Å². The molecule has 0 saturated carbocycles. The molecule has 0 unspecified atom stereocenters. The number of halogens is 1. The van der Waals surface area contributed by atoms with Crippen molar-refractivity contribution in [3.05, 3.63) is 34.7 Å². The number of fused-ring (bicyclic) bond motifs is 1. The van der Waals surface area contributed by atoms with Crippen LogP contribution in [0, 0.1) is 0 Å². The predicted molar refractivity (Wildman–Crippen MR) is 60.5 cm³/mol. The van der Waals surface area contributed by atoms with E-state index < -0.39 is 0 Å². The van der Waals surface area contributed by atoms with Gasteiger partial charge in [0.25, 0.3) is 0 Å². The van der Waals surface area contributed by atoms with E-state index in [1.807, 2.05) is 12.1 Å². The summed E-state index contributed by atoms with van der Waals surface area (Å²) >= 11 is 3.30. The number of aromatic nitrogens is 3. The molecule has 0 saturated heterocycles. The Labute approximate surface area is 101 Å². The summed E-state index contributed by atoms with van der Waals surface area (Å²) in [4.78, 5) is 2.30. The van der Waals surface area contributed by atoms with Gasteiger partial charge in [0.2, 0.25) is 0 Å². The maximum atomic E-state index is 5.49. The molecule has 3 heterocycles. The summed E-state index contributed by atoms with van der Waals surface area (Å²) in [6.07, 6.45) is 1.79.